The fraction of sp³-hybridized carbons (Fsp3) is 0.400. The molecule has 0 fully saturated rings. The van der Waals surface area contributed by atoms with E-state index in [9.17, 15) is 0 Å². The maximum atomic E-state index is 6.07. The minimum absolute atomic E-state index is 0.651. The molecule has 0 aliphatic heterocycles. The van der Waals surface area contributed by atoms with Gasteiger partial charge in [-0.2, -0.15) is 11.8 Å². The second-order valence-corrected chi connectivity index (χ2v) is 5.73. The fourth-order valence-electron chi connectivity index (χ4n) is 1.14. The quantitative estimate of drug-likeness (QED) is 0.770. The summed E-state index contributed by atoms with van der Waals surface area (Å²) in [6.07, 6.45) is 3.20. The first-order valence-electron chi connectivity index (χ1n) is 4.52. The van der Waals surface area contributed by atoms with E-state index in [2.05, 4.69) is 27.5 Å². The van der Waals surface area contributed by atoms with Gasteiger partial charge in [-0.1, -0.05) is 39.1 Å². The van der Waals surface area contributed by atoms with E-state index in [0.717, 1.165) is 28.9 Å². The van der Waals surface area contributed by atoms with Crippen molar-refractivity contribution in [1.29, 1.82) is 0 Å². The number of nitrogens with one attached hydrogen (secondary N) is 1. The zero-order chi connectivity index (χ0) is 11.3. The molecule has 84 valence electrons. The third-order valence-electron chi connectivity index (χ3n) is 1.83. The molecule has 5 heteroatoms. The lowest BCUT2D eigenvalue weighted by atomic mass is 10.3. The normalized spacial score (nSPS) is 10.4. The van der Waals surface area contributed by atoms with Crippen LogP contribution in [0.3, 0.4) is 0 Å². The summed E-state index contributed by atoms with van der Waals surface area (Å²) in [7, 11) is 0. The lowest BCUT2D eigenvalue weighted by Gasteiger charge is -2.10. The summed E-state index contributed by atoms with van der Waals surface area (Å²) in [6, 6.07) is 3.68. The van der Waals surface area contributed by atoms with Crippen LogP contribution in [0, 0.1) is 0 Å². The second-order valence-electron chi connectivity index (χ2n) is 3.02. The number of halogens is 3. The van der Waals surface area contributed by atoms with Gasteiger partial charge in [0.05, 0.1) is 15.7 Å². The van der Waals surface area contributed by atoms with E-state index in [4.69, 9.17) is 23.2 Å². The van der Waals surface area contributed by atoms with E-state index >= 15 is 0 Å². The summed E-state index contributed by atoms with van der Waals surface area (Å²) in [4.78, 5) is 0. The fourth-order valence-corrected chi connectivity index (χ4v) is 2.92. The lowest BCUT2D eigenvalue weighted by molar-refractivity contribution is 0.993. The molecule has 1 rings (SSSR count). The molecule has 15 heavy (non-hydrogen) atoms. The molecular weight excluding hydrogens is 317 g/mol. The summed E-state index contributed by atoms with van der Waals surface area (Å²) in [6.45, 7) is 0.891. The predicted molar refractivity (Wildman–Crippen MR) is 75.7 cm³/mol. The standard InChI is InChI=1S/C10H12BrCl2NS/c1-15-4-2-3-14-10-8(12)5-7(11)6-9(10)13/h5-6,14H,2-4H2,1H3. The summed E-state index contributed by atoms with van der Waals surface area (Å²) in [5.41, 5.74) is 0.822. The predicted octanol–water partition coefficient (Wildman–Crippen LogP) is 4.92. The van der Waals surface area contributed by atoms with Gasteiger partial charge in [0, 0.05) is 11.0 Å². The van der Waals surface area contributed by atoms with Crippen molar-refractivity contribution in [3.05, 3.63) is 26.7 Å². The van der Waals surface area contributed by atoms with Crippen LogP contribution in [0.15, 0.2) is 16.6 Å². The van der Waals surface area contributed by atoms with Crippen LogP contribution < -0.4 is 5.32 Å². The first kappa shape index (κ1) is 13.5. The van der Waals surface area contributed by atoms with Crippen LogP contribution in [0.4, 0.5) is 5.69 Å². The summed E-state index contributed by atoms with van der Waals surface area (Å²) >= 11 is 17.3. The zero-order valence-corrected chi connectivity index (χ0v) is 12.2. The van der Waals surface area contributed by atoms with Gasteiger partial charge in [-0.3, -0.25) is 0 Å². The maximum Gasteiger partial charge on any atom is 0.0719 e. The summed E-state index contributed by atoms with van der Waals surface area (Å²) < 4.78 is 0.896. The van der Waals surface area contributed by atoms with Gasteiger partial charge in [0.2, 0.25) is 0 Å². The molecule has 0 saturated heterocycles. The van der Waals surface area contributed by atoms with Crippen LogP contribution in [0.1, 0.15) is 6.42 Å². The van der Waals surface area contributed by atoms with Gasteiger partial charge in [0.25, 0.3) is 0 Å². The Morgan fingerprint density at radius 2 is 1.93 bits per heavy atom. The van der Waals surface area contributed by atoms with Crippen molar-refractivity contribution in [2.45, 2.75) is 6.42 Å². The Hall–Kier alpha value is 0.430. The molecule has 0 bridgehead atoms. The Bertz CT molecular complexity index is 310. The molecule has 1 N–H and O–H groups in total. The van der Waals surface area contributed by atoms with E-state index in [1.807, 2.05) is 23.9 Å². The first-order valence-corrected chi connectivity index (χ1v) is 7.46. The Kier molecular flexibility index (Phi) is 6.20. The Balaban J connectivity index is 2.60. The molecule has 0 aliphatic carbocycles. The number of hydrogen-bond acceptors (Lipinski definition) is 2. The number of thioether (sulfide) groups is 1. The minimum Gasteiger partial charge on any atom is -0.383 e. The van der Waals surface area contributed by atoms with Crippen molar-refractivity contribution in [2.24, 2.45) is 0 Å². The molecule has 0 saturated carbocycles. The van der Waals surface area contributed by atoms with Gasteiger partial charge in [-0.25, -0.2) is 0 Å². The van der Waals surface area contributed by atoms with Crippen molar-refractivity contribution < 1.29 is 0 Å². The highest BCUT2D eigenvalue weighted by atomic mass is 79.9. The molecule has 1 aromatic carbocycles. The van der Waals surface area contributed by atoms with Crippen LogP contribution in [0.25, 0.3) is 0 Å². The van der Waals surface area contributed by atoms with Gasteiger partial charge in [0.15, 0.2) is 0 Å². The third-order valence-corrected chi connectivity index (χ3v) is 3.58. The molecule has 1 nitrogen and oxygen atoms in total. The lowest BCUT2D eigenvalue weighted by Crippen LogP contribution is -2.03. The van der Waals surface area contributed by atoms with Crippen molar-refractivity contribution in [1.82, 2.24) is 0 Å². The van der Waals surface area contributed by atoms with E-state index in [1.165, 1.54) is 0 Å². The van der Waals surface area contributed by atoms with Crippen molar-refractivity contribution >= 4 is 56.6 Å². The van der Waals surface area contributed by atoms with Gasteiger partial charge >= 0.3 is 0 Å². The summed E-state index contributed by atoms with van der Waals surface area (Å²) in [5, 5.41) is 4.55. The second kappa shape index (κ2) is 6.89. The van der Waals surface area contributed by atoms with Crippen LogP contribution in [0.2, 0.25) is 10.0 Å². The number of hydrogen-bond donors (Lipinski definition) is 1. The van der Waals surface area contributed by atoms with Crippen LogP contribution in [-0.4, -0.2) is 18.6 Å². The molecule has 0 unspecified atom stereocenters. The van der Waals surface area contributed by atoms with Crippen LogP contribution in [0.5, 0.6) is 0 Å². The number of anilines is 1. The largest absolute Gasteiger partial charge is 0.383 e. The highest BCUT2D eigenvalue weighted by Crippen LogP contribution is 2.33. The topological polar surface area (TPSA) is 12.0 Å². The Labute approximate surface area is 113 Å². The Morgan fingerprint density at radius 1 is 1.33 bits per heavy atom. The molecule has 1 aromatic rings. The van der Waals surface area contributed by atoms with Gasteiger partial charge < -0.3 is 5.32 Å². The van der Waals surface area contributed by atoms with Gasteiger partial charge in [-0.05, 0) is 30.6 Å². The monoisotopic (exact) mass is 327 g/mol. The molecule has 0 spiro atoms. The van der Waals surface area contributed by atoms with Crippen LogP contribution in [-0.2, 0) is 0 Å². The smallest absolute Gasteiger partial charge is 0.0719 e. The zero-order valence-electron chi connectivity index (χ0n) is 8.32. The molecular formula is C10H12BrCl2NS. The van der Waals surface area contributed by atoms with Crippen molar-refractivity contribution in [2.75, 3.05) is 23.9 Å². The van der Waals surface area contributed by atoms with E-state index in [-0.39, 0.29) is 0 Å². The summed E-state index contributed by atoms with van der Waals surface area (Å²) in [5.74, 6) is 1.14. The average molecular weight is 329 g/mol. The highest BCUT2D eigenvalue weighted by molar-refractivity contribution is 9.10. The van der Waals surface area contributed by atoms with Crippen molar-refractivity contribution in [3.8, 4) is 0 Å². The molecule has 0 aliphatic rings. The molecule has 0 atom stereocenters. The average Bonchev–Trinajstić information content (AvgIpc) is 2.15. The van der Waals surface area contributed by atoms with E-state index in [1.54, 1.807) is 0 Å². The highest BCUT2D eigenvalue weighted by Gasteiger charge is 2.06. The van der Waals surface area contributed by atoms with Crippen molar-refractivity contribution in [3.63, 3.8) is 0 Å². The number of rotatable bonds is 5. The third kappa shape index (κ3) is 4.43. The first-order chi connectivity index (χ1) is 7.15. The molecule has 0 heterocycles. The van der Waals surface area contributed by atoms with E-state index in [0.29, 0.717) is 10.0 Å². The SMILES string of the molecule is CSCCCNc1c(Cl)cc(Br)cc1Cl. The number of benzene rings is 1. The maximum absolute atomic E-state index is 6.07. The van der Waals surface area contributed by atoms with E-state index < -0.39 is 0 Å². The van der Waals surface area contributed by atoms with Gasteiger partial charge in [0.1, 0.15) is 0 Å². The Morgan fingerprint density at radius 3 is 2.47 bits per heavy atom. The molecule has 0 aromatic heterocycles. The molecule has 0 radical (unpaired) electrons. The minimum atomic E-state index is 0.651. The molecule has 0 amide bonds. The van der Waals surface area contributed by atoms with Gasteiger partial charge in [-0.15, -0.1) is 0 Å². The van der Waals surface area contributed by atoms with Crippen LogP contribution >= 0.6 is 50.9 Å².